The maximum absolute atomic E-state index is 13.3. The molecule has 0 fully saturated rings. The maximum atomic E-state index is 13.3. The van der Waals surface area contributed by atoms with Crippen LogP contribution in [0.25, 0.3) is 0 Å². The van der Waals surface area contributed by atoms with Gasteiger partial charge in [-0.25, -0.2) is 0 Å². The lowest BCUT2D eigenvalue weighted by atomic mass is 10.0. The summed E-state index contributed by atoms with van der Waals surface area (Å²) in [5.41, 5.74) is 0. The minimum Gasteiger partial charge on any atom is -0.461 e. The summed E-state index contributed by atoms with van der Waals surface area (Å²) in [5.74, 6) is -0.618. The van der Waals surface area contributed by atoms with E-state index in [0.717, 1.165) is 103 Å². The Bertz CT molecular complexity index is 1420. The first-order valence-electron chi connectivity index (χ1n) is 29.1. The highest BCUT2D eigenvalue weighted by Gasteiger charge is 2.23. The fourth-order valence-corrected chi connectivity index (χ4v) is 8.20. The van der Waals surface area contributed by atoms with Crippen molar-refractivity contribution in [3.63, 3.8) is 0 Å². The summed E-state index contributed by atoms with van der Waals surface area (Å²) in [6, 6.07) is -0.746. The van der Waals surface area contributed by atoms with Crippen molar-refractivity contribution in [2.75, 3.05) is 6.61 Å². The van der Waals surface area contributed by atoms with Gasteiger partial charge in [-0.2, -0.15) is 0 Å². The van der Waals surface area contributed by atoms with E-state index in [-0.39, 0.29) is 24.9 Å². The van der Waals surface area contributed by atoms with Gasteiger partial charge in [0.25, 0.3) is 0 Å². The normalized spacial score (nSPS) is 14.0. The second-order valence-corrected chi connectivity index (χ2v) is 19.3. The van der Waals surface area contributed by atoms with Crippen LogP contribution in [0.2, 0.25) is 0 Å². The molecule has 0 bridgehead atoms. The van der Waals surface area contributed by atoms with Gasteiger partial charge < -0.3 is 20.3 Å². The Morgan fingerprint density at radius 1 is 0.443 bits per heavy atom. The number of nitrogens with one attached hydrogen (secondary N) is 1. The van der Waals surface area contributed by atoms with Gasteiger partial charge in [0.2, 0.25) is 5.91 Å². The molecule has 0 heterocycles. The average molecular weight is 973 g/mol. The molecule has 0 aromatic carbocycles. The van der Waals surface area contributed by atoms with E-state index in [0.29, 0.717) is 19.3 Å². The molecule has 0 aromatic rings. The van der Waals surface area contributed by atoms with Crippen molar-refractivity contribution in [2.24, 2.45) is 0 Å². The highest BCUT2D eigenvalue weighted by atomic mass is 16.5. The van der Waals surface area contributed by atoms with Gasteiger partial charge in [-0.15, -0.1) is 0 Å². The number of hydrogen-bond donors (Lipinski definition) is 3. The third kappa shape index (κ3) is 50.9. The molecule has 0 aliphatic rings. The van der Waals surface area contributed by atoms with Gasteiger partial charge in [-0.3, -0.25) is 9.59 Å². The van der Waals surface area contributed by atoms with Crippen LogP contribution < -0.4 is 5.32 Å². The summed E-state index contributed by atoms with van der Waals surface area (Å²) in [7, 11) is 0. The topological polar surface area (TPSA) is 95.9 Å². The van der Waals surface area contributed by atoms with Crippen LogP contribution in [-0.2, 0) is 14.3 Å². The Morgan fingerprint density at radius 2 is 0.800 bits per heavy atom. The molecule has 3 atom stereocenters. The molecule has 1 amide bonds. The second kappa shape index (κ2) is 56.4. The van der Waals surface area contributed by atoms with Crippen molar-refractivity contribution in [1.29, 1.82) is 0 Å². The number of aliphatic hydroxyl groups excluding tert-OH is 2. The van der Waals surface area contributed by atoms with Crippen LogP contribution in [0.1, 0.15) is 258 Å². The van der Waals surface area contributed by atoms with Gasteiger partial charge >= 0.3 is 5.97 Å². The summed E-state index contributed by atoms with van der Waals surface area (Å²) < 4.78 is 5.88. The van der Waals surface area contributed by atoms with E-state index < -0.39 is 18.2 Å². The first-order chi connectivity index (χ1) is 34.5. The van der Waals surface area contributed by atoms with Crippen molar-refractivity contribution in [3.05, 3.63) is 109 Å². The Balaban J connectivity index is 4.72. The average Bonchev–Trinajstić information content (AvgIpc) is 3.35. The number of rotatable bonds is 51. The van der Waals surface area contributed by atoms with Crippen LogP contribution in [0.3, 0.4) is 0 Å². The Labute approximate surface area is 432 Å². The van der Waals surface area contributed by atoms with Crippen LogP contribution in [0.4, 0.5) is 0 Å². The summed E-state index contributed by atoms with van der Waals surface area (Å²) in [5, 5.41) is 23.9. The molecule has 0 aromatic heterocycles. The number of esters is 1. The predicted molar refractivity (Wildman–Crippen MR) is 305 cm³/mol. The standard InChI is InChI=1S/C64H109NO5/c1-4-7-10-13-16-19-22-25-28-30-31-33-36-39-42-45-48-51-54-57-64(69)70-60(55-52-49-46-43-40-37-34-27-24-21-18-15-12-9-6-3)58-63(68)65-61(59-66)62(67)56-53-50-47-44-41-38-35-32-29-26-23-20-17-14-11-8-5-2/h7,10,16,18-19,21,25,27-28,31,33-34,39-40,42-43,49,52,60-62,66-67H,4-6,8-9,11-15,17,20,22-24,26,29-30,32,35-38,41,44-48,50-51,53-59H2,1-3H3,(H,65,68)/b10-7-,19-16-,21-18-,28-25-,33-31-,34-27-,42-39-,43-40-,52-49-. The van der Waals surface area contributed by atoms with E-state index >= 15 is 0 Å². The van der Waals surface area contributed by atoms with Crippen LogP contribution in [-0.4, -0.2) is 46.9 Å². The highest BCUT2D eigenvalue weighted by Crippen LogP contribution is 2.16. The van der Waals surface area contributed by atoms with Crippen molar-refractivity contribution >= 4 is 11.9 Å². The summed E-state index contributed by atoms with van der Waals surface area (Å²) in [6.45, 7) is 6.32. The number of ether oxygens (including phenoxy) is 1. The maximum Gasteiger partial charge on any atom is 0.306 e. The van der Waals surface area contributed by atoms with Gasteiger partial charge in [0.15, 0.2) is 0 Å². The number of allylic oxidation sites excluding steroid dienone is 17. The lowest BCUT2D eigenvalue weighted by Gasteiger charge is -2.24. The number of aliphatic hydroxyl groups is 2. The number of carbonyl (C=O) groups excluding carboxylic acids is 2. The smallest absolute Gasteiger partial charge is 0.306 e. The first-order valence-corrected chi connectivity index (χ1v) is 29.1. The van der Waals surface area contributed by atoms with Crippen molar-refractivity contribution in [1.82, 2.24) is 5.32 Å². The Hall–Kier alpha value is -3.48. The summed E-state index contributed by atoms with van der Waals surface area (Å²) in [6.07, 6.45) is 77.4. The fourth-order valence-electron chi connectivity index (χ4n) is 8.20. The Kier molecular flexibility index (Phi) is 53.6. The summed E-state index contributed by atoms with van der Waals surface area (Å²) in [4.78, 5) is 26.2. The molecule has 0 rings (SSSR count). The van der Waals surface area contributed by atoms with Gasteiger partial charge in [0, 0.05) is 12.8 Å². The van der Waals surface area contributed by atoms with E-state index in [1.165, 1.54) is 109 Å². The lowest BCUT2D eigenvalue weighted by molar-refractivity contribution is -0.150. The van der Waals surface area contributed by atoms with Crippen LogP contribution >= 0.6 is 0 Å². The fraction of sp³-hybridized carbons (Fsp3) is 0.688. The molecule has 3 N–H and O–H groups in total. The molecular weight excluding hydrogens is 863 g/mol. The zero-order valence-electron chi connectivity index (χ0n) is 45.6. The highest BCUT2D eigenvalue weighted by molar-refractivity contribution is 5.77. The van der Waals surface area contributed by atoms with Crippen molar-refractivity contribution in [3.8, 4) is 0 Å². The van der Waals surface area contributed by atoms with E-state index in [9.17, 15) is 19.8 Å². The van der Waals surface area contributed by atoms with Gasteiger partial charge in [-0.1, -0.05) is 259 Å². The molecule has 400 valence electrons. The zero-order valence-corrected chi connectivity index (χ0v) is 45.6. The predicted octanol–water partition coefficient (Wildman–Crippen LogP) is 18.2. The number of hydrogen-bond acceptors (Lipinski definition) is 5. The molecule has 6 nitrogen and oxygen atoms in total. The number of carbonyl (C=O) groups is 2. The second-order valence-electron chi connectivity index (χ2n) is 19.3. The molecule has 0 saturated carbocycles. The molecule has 0 radical (unpaired) electrons. The van der Waals surface area contributed by atoms with Crippen LogP contribution in [0, 0.1) is 0 Å². The van der Waals surface area contributed by atoms with Crippen LogP contribution in [0.15, 0.2) is 109 Å². The number of amides is 1. The number of unbranched alkanes of at least 4 members (excludes halogenated alkanes) is 22. The largest absolute Gasteiger partial charge is 0.461 e. The minimum absolute atomic E-state index is 0.0177. The van der Waals surface area contributed by atoms with Gasteiger partial charge in [0.1, 0.15) is 6.10 Å². The molecule has 70 heavy (non-hydrogen) atoms. The molecule has 6 heteroatoms. The quantitative estimate of drug-likeness (QED) is 0.0321. The monoisotopic (exact) mass is 972 g/mol. The van der Waals surface area contributed by atoms with E-state index in [1.54, 1.807) is 0 Å². The SMILES string of the molecule is CC/C=C\C/C=C\C/C=C\C/C=C\C/C=C\CCCCCC(=O)OC(C/C=C\C/C=C\C/C=C\C/C=C\CCCCC)CC(=O)NC(CO)C(O)CCCCCCCCCCCCCCCCCCC. The molecule has 3 unspecified atom stereocenters. The van der Waals surface area contributed by atoms with Crippen LogP contribution in [0.5, 0.6) is 0 Å². The first kappa shape index (κ1) is 66.5. The zero-order chi connectivity index (χ0) is 50.9. The van der Waals surface area contributed by atoms with E-state index in [2.05, 4.69) is 123 Å². The van der Waals surface area contributed by atoms with Gasteiger partial charge in [-0.05, 0) is 89.9 Å². The molecule has 0 spiro atoms. The molecule has 0 saturated heterocycles. The van der Waals surface area contributed by atoms with Crippen molar-refractivity contribution < 1.29 is 24.5 Å². The molecule has 0 aliphatic heterocycles. The molecular formula is C64H109NO5. The third-order valence-electron chi connectivity index (χ3n) is 12.6. The minimum atomic E-state index is -0.825. The Morgan fingerprint density at radius 3 is 1.23 bits per heavy atom. The van der Waals surface area contributed by atoms with E-state index in [4.69, 9.17) is 4.74 Å². The molecule has 0 aliphatic carbocycles. The van der Waals surface area contributed by atoms with E-state index in [1.807, 2.05) is 12.2 Å². The van der Waals surface area contributed by atoms with Gasteiger partial charge in [0.05, 0.1) is 25.2 Å². The lowest BCUT2D eigenvalue weighted by Crippen LogP contribution is -2.46. The third-order valence-corrected chi connectivity index (χ3v) is 12.6. The summed E-state index contributed by atoms with van der Waals surface area (Å²) >= 11 is 0. The van der Waals surface area contributed by atoms with Crippen molar-refractivity contribution in [2.45, 2.75) is 277 Å².